The predicted octanol–water partition coefficient (Wildman–Crippen LogP) is 3.82. The Balaban J connectivity index is 2.57. The second-order valence-corrected chi connectivity index (χ2v) is 4.42. The third-order valence-corrected chi connectivity index (χ3v) is 3.21. The van der Waals surface area contributed by atoms with Gasteiger partial charge < -0.3 is 0 Å². The Kier molecular flexibility index (Phi) is 2.72. The highest BCUT2D eigenvalue weighted by Gasteiger charge is 2.08. The largest absolute Gasteiger partial charge is 0.223 e. The first-order valence-electron chi connectivity index (χ1n) is 3.91. The topological polar surface area (TPSA) is 25.8 Å². The molecule has 0 aromatic carbocycles. The van der Waals surface area contributed by atoms with Crippen molar-refractivity contribution < 1.29 is 0 Å². The van der Waals surface area contributed by atoms with Crippen molar-refractivity contribution in [2.24, 2.45) is 0 Å². The Morgan fingerprint density at radius 2 is 2.07 bits per heavy atom. The molecule has 5 heteroatoms. The van der Waals surface area contributed by atoms with Gasteiger partial charge in [-0.05, 0) is 36.0 Å². The molecular formula is C9H6Cl2N2S. The Morgan fingerprint density at radius 1 is 1.29 bits per heavy atom. The van der Waals surface area contributed by atoms with Gasteiger partial charge in [0, 0.05) is 5.69 Å². The summed E-state index contributed by atoms with van der Waals surface area (Å²) in [5.74, 6) is 0. The number of hydrogen-bond donors (Lipinski definition) is 0. The van der Waals surface area contributed by atoms with Crippen molar-refractivity contribution in [2.75, 3.05) is 0 Å². The average molecular weight is 245 g/mol. The molecule has 2 nitrogen and oxygen atoms in total. The molecule has 0 bridgehead atoms. The highest BCUT2D eigenvalue weighted by molar-refractivity contribution is 7.14. The summed E-state index contributed by atoms with van der Waals surface area (Å²) in [7, 11) is 0. The van der Waals surface area contributed by atoms with E-state index in [4.69, 9.17) is 23.2 Å². The van der Waals surface area contributed by atoms with E-state index in [1.54, 1.807) is 0 Å². The van der Waals surface area contributed by atoms with Crippen molar-refractivity contribution in [3.8, 4) is 10.6 Å². The lowest BCUT2D eigenvalue weighted by Crippen LogP contribution is -1.89. The molecule has 2 rings (SSSR count). The maximum absolute atomic E-state index is 5.99. The summed E-state index contributed by atoms with van der Waals surface area (Å²) >= 11 is 13.3. The maximum Gasteiger partial charge on any atom is 0.223 e. The summed E-state index contributed by atoms with van der Waals surface area (Å²) in [5, 5.41) is 2.87. The molecule has 0 N–H and O–H groups in total. The monoisotopic (exact) mass is 244 g/mol. The first-order valence-corrected chi connectivity index (χ1v) is 5.55. The van der Waals surface area contributed by atoms with Crippen LogP contribution in [0.5, 0.6) is 0 Å². The van der Waals surface area contributed by atoms with Crippen LogP contribution >= 0.6 is 34.5 Å². The molecule has 2 aromatic rings. The zero-order valence-corrected chi connectivity index (χ0v) is 9.62. The van der Waals surface area contributed by atoms with E-state index in [9.17, 15) is 0 Å². The van der Waals surface area contributed by atoms with Crippen LogP contribution in [-0.4, -0.2) is 9.97 Å². The molecule has 2 heterocycles. The SMILES string of the molecule is Cc1cc(-c2sccc2Cl)nc(Cl)n1. The lowest BCUT2D eigenvalue weighted by atomic mass is 10.3. The van der Waals surface area contributed by atoms with Crippen LogP contribution in [0.1, 0.15) is 5.69 Å². The second-order valence-electron chi connectivity index (χ2n) is 2.76. The third kappa shape index (κ3) is 1.90. The quantitative estimate of drug-likeness (QED) is 0.713. The lowest BCUT2D eigenvalue weighted by molar-refractivity contribution is 1.11. The molecule has 0 aliphatic carbocycles. The van der Waals surface area contributed by atoms with E-state index < -0.39 is 0 Å². The molecule has 0 radical (unpaired) electrons. The number of halogens is 2. The van der Waals surface area contributed by atoms with Crippen molar-refractivity contribution in [2.45, 2.75) is 6.92 Å². The summed E-state index contributed by atoms with van der Waals surface area (Å²) in [6, 6.07) is 3.70. The molecule has 0 saturated heterocycles. The minimum atomic E-state index is 0.254. The van der Waals surface area contributed by atoms with Gasteiger partial charge in [-0.25, -0.2) is 9.97 Å². The lowest BCUT2D eigenvalue weighted by Gasteiger charge is -2.00. The summed E-state index contributed by atoms with van der Waals surface area (Å²) in [4.78, 5) is 9.04. The van der Waals surface area contributed by atoms with E-state index in [1.807, 2.05) is 24.4 Å². The van der Waals surface area contributed by atoms with E-state index in [1.165, 1.54) is 11.3 Å². The fourth-order valence-electron chi connectivity index (χ4n) is 1.13. The number of hydrogen-bond acceptors (Lipinski definition) is 3. The van der Waals surface area contributed by atoms with E-state index in [-0.39, 0.29) is 5.28 Å². The van der Waals surface area contributed by atoms with Crippen LogP contribution in [0.25, 0.3) is 10.6 Å². The molecule has 0 aliphatic heterocycles. The molecule has 0 atom stereocenters. The molecule has 14 heavy (non-hydrogen) atoms. The Labute approximate surface area is 95.5 Å². The van der Waals surface area contributed by atoms with Crippen LogP contribution in [-0.2, 0) is 0 Å². The summed E-state index contributed by atoms with van der Waals surface area (Å²) < 4.78 is 0. The first kappa shape index (κ1) is 9.90. The van der Waals surface area contributed by atoms with Crippen LogP contribution in [0, 0.1) is 6.92 Å². The van der Waals surface area contributed by atoms with Crippen LogP contribution in [0.4, 0.5) is 0 Å². The van der Waals surface area contributed by atoms with Crippen LogP contribution in [0.3, 0.4) is 0 Å². The molecule has 72 valence electrons. The fourth-order valence-corrected chi connectivity index (χ4v) is 2.46. The standard InChI is InChI=1S/C9H6Cl2N2S/c1-5-4-7(13-9(11)12-5)8-6(10)2-3-14-8/h2-4H,1H3. The van der Waals surface area contributed by atoms with Crippen molar-refractivity contribution in [3.05, 3.63) is 33.5 Å². The van der Waals surface area contributed by atoms with Crippen LogP contribution in [0.2, 0.25) is 10.3 Å². The summed E-state index contributed by atoms with van der Waals surface area (Å²) in [5.41, 5.74) is 1.62. The van der Waals surface area contributed by atoms with E-state index in [0.717, 1.165) is 16.3 Å². The van der Waals surface area contributed by atoms with Gasteiger partial charge in [-0.3, -0.25) is 0 Å². The Hall–Kier alpha value is -0.640. The van der Waals surface area contributed by atoms with Crippen molar-refractivity contribution in [1.82, 2.24) is 9.97 Å². The van der Waals surface area contributed by atoms with Gasteiger partial charge in [-0.1, -0.05) is 11.6 Å². The van der Waals surface area contributed by atoms with Gasteiger partial charge >= 0.3 is 0 Å². The molecule has 0 aliphatic rings. The smallest absolute Gasteiger partial charge is 0.223 e. The van der Waals surface area contributed by atoms with Gasteiger partial charge in [0.2, 0.25) is 5.28 Å². The molecule has 0 unspecified atom stereocenters. The molecule has 0 fully saturated rings. The molecule has 0 saturated carbocycles. The highest BCUT2D eigenvalue weighted by atomic mass is 35.5. The number of nitrogens with zero attached hydrogens (tertiary/aromatic N) is 2. The van der Waals surface area contributed by atoms with Gasteiger partial charge in [0.25, 0.3) is 0 Å². The van der Waals surface area contributed by atoms with Crippen molar-refractivity contribution >= 4 is 34.5 Å². The molecule has 2 aromatic heterocycles. The van der Waals surface area contributed by atoms with Crippen molar-refractivity contribution in [3.63, 3.8) is 0 Å². The number of thiophene rings is 1. The first-order chi connectivity index (χ1) is 6.66. The summed E-state index contributed by atoms with van der Waals surface area (Å²) in [6.45, 7) is 1.87. The normalized spacial score (nSPS) is 10.5. The molecule has 0 spiro atoms. The number of aryl methyl sites for hydroxylation is 1. The predicted molar refractivity (Wildman–Crippen MR) is 60.1 cm³/mol. The average Bonchev–Trinajstić information content (AvgIpc) is 2.49. The van der Waals surface area contributed by atoms with E-state index in [2.05, 4.69) is 9.97 Å². The molecular weight excluding hydrogens is 239 g/mol. The van der Waals surface area contributed by atoms with Gasteiger partial charge in [0.15, 0.2) is 0 Å². The Morgan fingerprint density at radius 3 is 2.64 bits per heavy atom. The fraction of sp³-hybridized carbons (Fsp3) is 0.111. The summed E-state index contributed by atoms with van der Waals surface area (Å²) in [6.07, 6.45) is 0. The maximum atomic E-state index is 5.99. The van der Waals surface area contributed by atoms with Gasteiger partial charge in [-0.2, -0.15) is 0 Å². The minimum absolute atomic E-state index is 0.254. The van der Waals surface area contributed by atoms with Crippen LogP contribution < -0.4 is 0 Å². The highest BCUT2D eigenvalue weighted by Crippen LogP contribution is 2.32. The van der Waals surface area contributed by atoms with Gasteiger partial charge in [-0.15, -0.1) is 11.3 Å². The minimum Gasteiger partial charge on any atom is -0.223 e. The molecule has 0 amide bonds. The van der Waals surface area contributed by atoms with Gasteiger partial charge in [0.05, 0.1) is 15.6 Å². The van der Waals surface area contributed by atoms with E-state index in [0.29, 0.717) is 5.02 Å². The third-order valence-electron chi connectivity index (χ3n) is 1.68. The van der Waals surface area contributed by atoms with Gasteiger partial charge in [0.1, 0.15) is 0 Å². The Bertz CT molecular complexity index is 447. The van der Waals surface area contributed by atoms with Crippen LogP contribution in [0.15, 0.2) is 17.5 Å². The zero-order valence-electron chi connectivity index (χ0n) is 7.29. The van der Waals surface area contributed by atoms with Crippen molar-refractivity contribution in [1.29, 1.82) is 0 Å². The zero-order chi connectivity index (χ0) is 10.1. The number of rotatable bonds is 1. The second kappa shape index (κ2) is 3.85. The number of aromatic nitrogens is 2. The van der Waals surface area contributed by atoms with E-state index >= 15 is 0 Å².